The van der Waals surface area contributed by atoms with Crippen molar-refractivity contribution in [2.75, 3.05) is 20.7 Å². The second-order valence-electron chi connectivity index (χ2n) is 9.23. The van der Waals surface area contributed by atoms with Crippen molar-refractivity contribution in [3.05, 3.63) is 81.9 Å². The minimum atomic E-state index is -0.105. The Kier molecular flexibility index (Phi) is 6.74. The summed E-state index contributed by atoms with van der Waals surface area (Å²) in [6.45, 7) is 8.01. The number of carbonyl (C=O) groups excluding carboxylic acids is 2. The van der Waals surface area contributed by atoms with Gasteiger partial charge in [0.2, 0.25) is 5.89 Å². The van der Waals surface area contributed by atoms with Gasteiger partial charge in [-0.15, -0.1) is 0 Å². The molecule has 1 aromatic heterocycles. The summed E-state index contributed by atoms with van der Waals surface area (Å²) < 4.78 is 11.7. The monoisotopic (exact) mass is 470 g/mol. The van der Waals surface area contributed by atoms with E-state index in [0.717, 1.165) is 22.3 Å². The summed E-state index contributed by atoms with van der Waals surface area (Å²) in [4.78, 5) is 30.9. The number of benzene rings is 3. The number of amides is 1. The molecule has 1 heterocycles. The van der Waals surface area contributed by atoms with Crippen LogP contribution >= 0.6 is 0 Å². The van der Waals surface area contributed by atoms with E-state index in [4.69, 9.17) is 9.15 Å². The Bertz CT molecular complexity index is 1410. The summed E-state index contributed by atoms with van der Waals surface area (Å²) in [5.41, 5.74) is 7.99. The number of aryl methyl sites for hydroxylation is 4. The fourth-order valence-electron chi connectivity index (χ4n) is 4.03. The number of ether oxygens (including phenoxy) is 1. The van der Waals surface area contributed by atoms with Crippen LogP contribution in [0.1, 0.15) is 38.2 Å². The molecule has 0 radical (unpaired) electrons. The van der Waals surface area contributed by atoms with Crippen LogP contribution in [-0.4, -0.2) is 42.3 Å². The summed E-state index contributed by atoms with van der Waals surface area (Å²) in [5.74, 6) is 1.05. The Hall–Kier alpha value is -3.93. The molecule has 35 heavy (non-hydrogen) atoms. The third-order valence-electron chi connectivity index (χ3n) is 6.23. The van der Waals surface area contributed by atoms with Crippen LogP contribution in [0, 0.1) is 27.7 Å². The first-order chi connectivity index (χ1) is 16.6. The van der Waals surface area contributed by atoms with Gasteiger partial charge in [0.1, 0.15) is 11.3 Å². The van der Waals surface area contributed by atoms with E-state index >= 15 is 0 Å². The summed E-state index contributed by atoms with van der Waals surface area (Å²) in [5, 5.41) is 0. The third kappa shape index (κ3) is 5.27. The molecule has 0 spiro atoms. The molecule has 0 aliphatic carbocycles. The van der Waals surface area contributed by atoms with E-state index in [2.05, 4.69) is 24.9 Å². The van der Waals surface area contributed by atoms with Gasteiger partial charge in [-0.2, -0.15) is 0 Å². The van der Waals surface area contributed by atoms with Gasteiger partial charge in [-0.3, -0.25) is 9.59 Å². The largest absolute Gasteiger partial charge is 0.484 e. The van der Waals surface area contributed by atoms with E-state index in [0.29, 0.717) is 34.7 Å². The van der Waals surface area contributed by atoms with E-state index in [1.807, 2.05) is 38.1 Å². The number of nitrogens with zero attached hydrogens (tertiary/aromatic N) is 2. The number of likely N-dealkylation sites (N-methyl/N-ethyl adjacent to an activating group) is 1. The van der Waals surface area contributed by atoms with Gasteiger partial charge in [-0.1, -0.05) is 18.2 Å². The fourth-order valence-corrected chi connectivity index (χ4v) is 4.03. The number of rotatable bonds is 7. The standard InChI is InChI=1S/C29H30N2O4/c1-17-7-8-21(11-18(17)2)14-25(32)22-9-10-26-24(15-22)30-29(35-26)28-19(3)12-23(13-20(28)4)34-16-27(33)31(5)6/h7-13,15H,14,16H2,1-6H3. The van der Waals surface area contributed by atoms with Gasteiger partial charge in [0, 0.05) is 31.6 Å². The first kappa shape index (κ1) is 24.2. The third-order valence-corrected chi connectivity index (χ3v) is 6.23. The minimum Gasteiger partial charge on any atom is -0.484 e. The molecule has 6 nitrogen and oxygen atoms in total. The maximum atomic E-state index is 12.9. The van der Waals surface area contributed by atoms with E-state index < -0.39 is 0 Å². The topological polar surface area (TPSA) is 72.6 Å². The van der Waals surface area contributed by atoms with E-state index in [1.165, 1.54) is 16.0 Å². The highest BCUT2D eigenvalue weighted by Crippen LogP contribution is 2.33. The maximum Gasteiger partial charge on any atom is 0.259 e. The van der Waals surface area contributed by atoms with Gasteiger partial charge in [-0.25, -0.2) is 4.98 Å². The Morgan fingerprint density at radius 1 is 0.886 bits per heavy atom. The number of hydrogen-bond acceptors (Lipinski definition) is 5. The van der Waals surface area contributed by atoms with Crippen molar-refractivity contribution in [1.82, 2.24) is 9.88 Å². The number of aromatic nitrogens is 1. The van der Waals surface area contributed by atoms with Crippen molar-refractivity contribution in [1.29, 1.82) is 0 Å². The molecular weight excluding hydrogens is 440 g/mol. The average Bonchev–Trinajstić information content (AvgIpc) is 3.22. The summed E-state index contributed by atoms with van der Waals surface area (Å²) >= 11 is 0. The normalized spacial score (nSPS) is 11.0. The Labute approximate surface area is 205 Å². The zero-order valence-corrected chi connectivity index (χ0v) is 21.1. The highest BCUT2D eigenvalue weighted by atomic mass is 16.5. The molecule has 4 rings (SSSR count). The van der Waals surface area contributed by atoms with Gasteiger partial charge in [0.05, 0.1) is 0 Å². The highest BCUT2D eigenvalue weighted by molar-refractivity contribution is 6.00. The molecule has 1 amide bonds. The van der Waals surface area contributed by atoms with E-state index in [9.17, 15) is 9.59 Å². The number of Topliss-reactive ketones (excluding diaryl/α,β-unsaturated/α-hetero) is 1. The van der Waals surface area contributed by atoms with Crippen molar-refractivity contribution in [3.8, 4) is 17.2 Å². The first-order valence-electron chi connectivity index (χ1n) is 11.6. The molecule has 4 aromatic rings. The zero-order chi connectivity index (χ0) is 25.3. The summed E-state index contributed by atoms with van der Waals surface area (Å²) in [6.07, 6.45) is 0.341. The van der Waals surface area contributed by atoms with Gasteiger partial charge in [-0.05, 0) is 85.8 Å². The Balaban J connectivity index is 1.57. The number of hydrogen-bond donors (Lipinski definition) is 0. The lowest BCUT2D eigenvalue weighted by atomic mass is 9.99. The predicted molar refractivity (Wildman–Crippen MR) is 137 cm³/mol. The van der Waals surface area contributed by atoms with Gasteiger partial charge in [0.25, 0.3) is 5.91 Å². The minimum absolute atomic E-state index is 0.0208. The van der Waals surface area contributed by atoms with Crippen molar-refractivity contribution in [2.24, 2.45) is 0 Å². The molecule has 0 N–H and O–H groups in total. The van der Waals surface area contributed by atoms with Crippen LogP contribution in [-0.2, 0) is 11.2 Å². The van der Waals surface area contributed by atoms with Crippen molar-refractivity contribution < 1.29 is 18.7 Å². The number of fused-ring (bicyclic) bond motifs is 1. The van der Waals surface area contributed by atoms with Gasteiger partial charge >= 0.3 is 0 Å². The van der Waals surface area contributed by atoms with Crippen LogP contribution in [0.4, 0.5) is 0 Å². The summed E-state index contributed by atoms with van der Waals surface area (Å²) in [6, 6.07) is 15.2. The zero-order valence-electron chi connectivity index (χ0n) is 21.1. The lowest BCUT2D eigenvalue weighted by molar-refractivity contribution is -0.130. The average molecular weight is 471 g/mol. The molecule has 3 aromatic carbocycles. The van der Waals surface area contributed by atoms with Gasteiger partial charge < -0.3 is 14.1 Å². The Morgan fingerprint density at radius 3 is 2.26 bits per heavy atom. The molecule has 0 saturated heterocycles. The molecule has 0 saturated carbocycles. The molecular formula is C29H30N2O4. The highest BCUT2D eigenvalue weighted by Gasteiger charge is 2.17. The molecule has 6 heteroatoms. The lowest BCUT2D eigenvalue weighted by Gasteiger charge is -2.13. The molecule has 0 fully saturated rings. The lowest BCUT2D eigenvalue weighted by Crippen LogP contribution is -2.27. The quantitative estimate of drug-likeness (QED) is 0.328. The Morgan fingerprint density at radius 2 is 1.60 bits per heavy atom. The van der Waals surface area contributed by atoms with Crippen LogP contribution in [0.2, 0.25) is 0 Å². The van der Waals surface area contributed by atoms with Gasteiger partial charge in [0.15, 0.2) is 18.0 Å². The van der Waals surface area contributed by atoms with Crippen LogP contribution in [0.3, 0.4) is 0 Å². The van der Waals surface area contributed by atoms with Crippen LogP contribution in [0.5, 0.6) is 5.75 Å². The fraction of sp³-hybridized carbons (Fsp3) is 0.276. The van der Waals surface area contributed by atoms with Crippen molar-refractivity contribution in [3.63, 3.8) is 0 Å². The second kappa shape index (κ2) is 9.74. The summed E-state index contributed by atoms with van der Waals surface area (Å²) in [7, 11) is 3.39. The SMILES string of the molecule is Cc1ccc(CC(=O)c2ccc3oc(-c4c(C)cc(OCC(=O)N(C)C)cc4C)nc3c2)cc1C. The van der Waals surface area contributed by atoms with Crippen LogP contribution < -0.4 is 4.74 Å². The predicted octanol–water partition coefficient (Wildman–Crippen LogP) is 5.62. The van der Waals surface area contributed by atoms with Crippen molar-refractivity contribution >= 4 is 22.8 Å². The first-order valence-corrected chi connectivity index (χ1v) is 11.6. The number of ketones is 1. The number of carbonyl (C=O) groups is 2. The van der Waals surface area contributed by atoms with E-state index in [-0.39, 0.29) is 18.3 Å². The van der Waals surface area contributed by atoms with Crippen molar-refractivity contribution in [2.45, 2.75) is 34.1 Å². The molecule has 0 aliphatic rings. The van der Waals surface area contributed by atoms with E-state index in [1.54, 1.807) is 32.3 Å². The van der Waals surface area contributed by atoms with Crippen LogP contribution in [0.15, 0.2) is 52.9 Å². The second-order valence-corrected chi connectivity index (χ2v) is 9.23. The van der Waals surface area contributed by atoms with Crippen LogP contribution in [0.25, 0.3) is 22.6 Å². The molecule has 0 bridgehead atoms. The number of oxazole rings is 1. The smallest absolute Gasteiger partial charge is 0.259 e. The maximum absolute atomic E-state index is 12.9. The molecule has 0 atom stereocenters. The molecule has 0 unspecified atom stereocenters. The molecule has 0 aliphatic heterocycles. The molecule has 180 valence electrons.